The smallest absolute Gasteiger partial charge is 0.274 e. The SMILES string of the molecule is O=C(c1cncc(Cl)n1)N1CCNCC1. The highest BCUT2D eigenvalue weighted by Gasteiger charge is 2.19. The number of halogens is 1. The van der Waals surface area contributed by atoms with Crippen molar-refractivity contribution in [1.82, 2.24) is 20.2 Å². The van der Waals surface area contributed by atoms with E-state index < -0.39 is 0 Å². The first-order chi connectivity index (χ1) is 7.27. The lowest BCUT2D eigenvalue weighted by molar-refractivity contribution is 0.0729. The predicted molar refractivity (Wildman–Crippen MR) is 55.8 cm³/mol. The summed E-state index contributed by atoms with van der Waals surface area (Å²) in [6.07, 6.45) is 2.85. The van der Waals surface area contributed by atoms with Crippen molar-refractivity contribution in [3.63, 3.8) is 0 Å². The molecule has 1 aromatic rings. The Hall–Kier alpha value is -1.20. The minimum Gasteiger partial charge on any atom is -0.335 e. The van der Waals surface area contributed by atoms with Crippen LogP contribution in [0.15, 0.2) is 12.4 Å². The average molecular weight is 227 g/mol. The lowest BCUT2D eigenvalue weighted by atomic mass is 10.3. The highest BCUT2D eigenvalue weighted by Crippen LogP contribution is 2.06. The number of hydrogen-bond acceptors (Lipinski definition) is 4. The summed E-state index contributed by atoms with van der Waals surface area (Å²) in [6, 6.07) is 0. The van der Waals surface area contributed by atoms with Crippen LogP contribution in [-0.2, 0) is 0 Å². The molecule has 0 radical (unpaired) electrons. The average Bonchev–Trinajstić information content (AvgIpc) is 2.29. The minimum absolute atomic E-state index is 0.105. The summed E-state index contributed by atoms with van der Waals surface area (Å²) in [5.41, 5.74) is 0.310. The summed E-state index contributed by atoms with van der Waals surface area (Å²) in [4.78, 5) is 21.4. The third-order valence-electron chi connectivity index (χ3n) is 2.23. The van der Waals surface area contributed by atoms with Gasteiger partial charge in [0.05, 0.1) is 12.4 Å². The van der Waals surface area contributed by atoms with E-state index in [0.29, 0.717) is 18.8 Å². The van der Waals surface area contributed by atoms with Gasteiger partial charge in [0.15, 0.2) is 0 Å². The van der Waals surface area contributed by atoms with Crippen molar-refractivity contribution in [2.24, 2.45) is 0 Å². The van der Waals surface area contributed by atoms with Crippen molar-refractivity contribution >= 4 is 17.5 Å². The number of rotatable bonds is 1. The number of piperazine rings is 1. The molecule has 0 unspecified atom stereocenters. The number of nitrogens with zero attached hydrogens (tertiary/aromatic N) is 3. The van der Waals surface area contributed by atoms with Crippen LogP contribution in [0.1, 0.15) is 10.5 Å². The fraction of sp³-hybridized carbons (Fsp3) is 0.444. The van der Waals surface area contributed by atoms with Gasteiger partial charge in [-0.25, -0.2) is 4.98 Å². The maximum absolute atomic E-state index is 11.9. The topological polar surface area (TPSA) is 58.1 Å². The molecule has 0 aromatic carbocycles. The van der Waals surface area contributed by atoms with Crippen molar-refractivity contribution in [3.8, 4) is 0 Å². The van der Waals surface area contributed by atoms with E-state index in [1.807, 2.05) is 0 Å². The number of carbonyl (C=O) groups is 1. The fourth-order valence-corrected chi connectivity index (χ4v) is 1.62. The van der Waals surface area contributed by atoms with Gasteiger partial charge in [-0.15, -0.1) is 0 Å². The van der Waals surface area contributed by atoms with Gasteiger partial charge in [0, 0.05) is 26.2 Å². The van der Waals surface area contributed by atoms with Crippen LogP contribution in [0.3, 0.4) is 0 Å². The monoisotopic (exact) mass is 226 g/mol. The Balaban J connectivity index is 2.12. The van der Waals surface area contributed by atoms with E-state index in [1.165, 1.54) is 12.4 Å². The van der Waals surface area contributed by atoms with E-state index in [9.17, 15) is 4.79 Å². The summed E-state index contributed by atoms with van der Waals surface area (Å²) < 4.78 is 0. The quantitative estimate of drug-likeness (QED) is 0.742. The number of amides is 1. The van der Waals surface area contributed by atoms with E-state index >= 15 is 0 Å². The molecule has 2 rings (SSSR count). The summed E-state index contributed by atoms with van der Waals surface area (Å²) in [7, 11) is 0. The molecule has 1 saturated heterocycles. The third kappa shape index (κ3) is 2.43. The summed E-state index contributed by atoms with van der Waals surface area (Å²) in [6.45, 7) is 3.04. The Labute approximate surface area is 92.5 Å². The molecule has 0 aliphatic carbocycles. The van der Waals surface area contributed by atoms with Crippen molar-refractivity contribution in [1.29, 1.82) is 0 Å². The molecule has 0 spiro atoms. The summed E-state index contributed by atoms with van der Waals surface area (Å²) in [5, 5.41) is 3.42. The molecule has 1 aliphatic rings. The van der Waals surface area contributed by atoms with E-state index in [0.717, 1.165) is 13.1 Å². The molecule has 1 aromatic heterocycles. The maximum Gasteiger partial charge on any atom is 0.274 e. The summed E-state index contributed by atoms with van der Waals surface area (Å²) >= 11 is 5.67. The lowest BCUT2D eigenvalue weighted by Crippen LogP contribution is -2.46. The Morgan fingerprint density at radius 1 is 1.40 bits per heavy atom. The number of aromatic nitrogens is 2. The Morgan fingerprint density at radius 2 is 2.13 bits per heavy atom. The molecule has 1 fully saturated rings. The molecule has 1 amide bonds. The van der Waals surface area contributed by atoms with Crippen molar-refractivity contribution in [2.45, 2.75) is 0 Å². The van der Waals surface area contributed by atoms with Gasteiger partial charge in [-0.3, -0.25) is 9.78 Å². The van der Waals surface area contributed by atoms with Gasteiger partial charge in [0.2, 0.25) is 0 Å². The number of hydrogen-bond donors (Lipinski definition) is 1. The maximum atomic E-state index is 11.9. The van der Waals surface area contributed by atoms with Crippen LogP contribution in [0, 0.1) is 0 Å². The molecule has 1 aliphatic heterocycles. The molecule has 6 heteroatoms. The van der Waals surface area contributed by atoms with Crippen molar-refractivity contribution < 1.29 is 4.79 Å². The van der Waals surface area contributed by atoms with E-state index in [1.54, 1.807) is 4.90 Å². The zero-order valence-corrected chi connectivity index (χ0v) is 8.87. The fourth-order valence-electron chi connectivity index (χ4n) is 1.48. The largest absolute Gasteiger partial charge is 0.335 e. The third-order valence-corrected chi connectivity index (χ3v) is 2.41. The molecular formula is C9H11ClN4O. The molecular weight excluding hydrogens is 216 g/mol. The first-order valence-electron chi connectivity index (χ1n) is 4.75. The first-order valence-corrected chi connectivity index (χ1v) is 5.13. The highest BCUT2D eigenvalue weighted by atomic mass is 35.5. The second-order valence-electron chi connectivity index (χ2n) is 3.27. The normalized spacial score (nSPS) is 16.5. The molecule has 1 N–H and O–H groups in total. The lowest BCUT2D eigenvalue weighted by Gasteiger charge is -2.26. The van der Waals surface area contributed by atoms with Gasteiger partial charge < -0.3 is 10.2 Å². The van der Waals surface area contributed by atoms with E-state index in [4.69, 9.17) is 11.6 Å². The van der Waals surface area contributed by atoms with Gasteiger partial charge >= 0.3 is 0 Å². The molecule has 2 heterocycles. The Bertz CT molecular complexity index is 365. The van der Waals surface area contributed by atoms with Crippen LogP contribution in [0.2, 0.25) is 5.15 Å². The van der Waals surface area contributed by atoms with Crippen molar-refractivity contribution in [2.75, 3.05) is 26.2 Å². The van der Waals surface area contributed by atoms with Crippen LogP contribution in [0.5, 0.6) is 0 Å². The zero-order chi connectivity index (χ0) is 10.7. The predicted octanol–water partition coefficient (Wildman–Crippen LogP) is 0.175. The molecule has 15 heavy (non-hydrogen) atoms. The molecule has 0 saturated carbocycles. The van der Waals surface area contributed by atoms with Gasteiger partial charge in [0.25, 0.3) is 5.91 Å². The second kappa shape index (κ2) is 4.55. The molecule has 0 atom stereocenters. The van der Waals surface area contributed by atoms with E-state index in [2.05, 4.69) is 15.3 Å². The van der Waals surface area contributed by atoms with Gasteiger partial charge in [-0.1, -0.05) is 11.6 Å². The van der Waals surface area contributed by atoms with Crippen LogP contribution in [-0.4, -0.2) is 47.0 Å². The zero-order valence-electron chi connectivity index (χ0n) is 8.11. The Morgan fingerprint density at radius 3 is 2.80 bits per heavy atom. The highest BCUT2D eigenvalue weighted by molar-refractivity contribution is 6.29. The van der Waals surface area contributed by atoms with Crippen LogP contribution < -0.4 is 5.32 Å². The molecule has 80 valence electrons. The van der Waals surface area contributed by atoms with Gasteiger partial charge in [-0.05, 0) is 0 Å². The Kier molecular flexibility index (Phi) is 3.13. The minimum atomic E-state index is -0.105. The van der Waals surface area contributed by atoms with Crippen LogP contribution in [0.4, 0.5) is 0 Å². The van der Waals surface area contributed by atoms with E-state index in [-0.39, 0.29) is 11.1 Å². The molecule has 5 nitrogen and oxygen atoms in total. The van der Waals surface area contributed by atoms with Crippen LogP contribution >= 0.6 is 11.6 Å². The number of carbonyl (C=O) groups excluding carboxylic acids is 1. The number of nitrogens with one attached hydrogen (secondary N) is 1. The molecule has 0 bridgehead atoms. The second-order valence-corrected chi connectivity index (χ2v) is 3.66. The first kappa shape index (κ1) is 10.3. The van der Waals surface area contributed by atoms with Crippen LogP contribution in [0.25, 0.3) is 0 Å². The standard InChI is InChI=1S/C9H11ClN4O/c10-8-6-12-5-7(13-8)9(15)14-3-1-11-2-4-14/h5-6,11H,1-4H2. The summed E-state index contributed by atoms with van der Waals surface area (Å²) in [5.74, 6) is -0.105. The van der Waals surface area contributed by atoms with Crippen molar-refractivity contribution in [3.05, 3.63) is 23.2 Å². The van der Waals surface area contributed by atoms with Gasteiger partial charge in [0.1, 0.15) is 10.8 Å². The van der Waals surface area contributed by atoms with Gasteiger partial charge in [-0.2, -0.15) is 0 Å².